The predicted octanol–water partition coefficient (Wildman–Crippen LogP) is 4.98. The van der Waals surface area contributed by atoms with Gasteiger partial charge in [0.15, 0.2) is 0 Å². The number of hydrogen-bond donors (Lipinski definition) is 3. The van der Waals surface area contributed by atoms with Gasteiger partial charge in [-0.25, -0.2) is 4.79 Å². The first kappa shape index (κ1) is 30.2. The van der Waals surface area contributed by atoms with Gasteiger partial charge in [-0.2, -0.15) is 5.26 Å². The fourth-order valence-corrected chi connectivity index (χ4v) is 4.09. The van der Waals surface area contributed by atoms with Gasteiger partial charge in [-0.3, -0.25) is 9.59 Å². The van der Waals surface area contributed by atoms with E-state index in [-0.39, 0.29) is 23.7 Å². The van der Waals surface area contributed by atoms with Gasteiger partial charge in [0.2, 0.25) is 5.91 Å². The number of alkyl carbamates (subject to hydrolysis) is 1. The fraction of sp³-hybridized carbons (Fsp3) is 0.448. The quantitative estimate of drug-likeness (QED) is 0.398. The summed E-state index contributed by atoms with van der Waals surface area (Å²) in [6.45, 7) is 12.1. The van der Waals surface area contributed by atoms with Crippen molar-refractivity contribution in [1.29, 1.82) is 5.26 Å². The molecule has 9 heteroatoms. The first-order chi connectivity index (χ1) is 17.7. The predicted molar refractivity (Wildman–Crippen MR) is 145 cm³/mol. The van der Waals surface area contributed by atoms with Crippen molar-refractivity contribution in [2.75, 3.05) is 11.9 Å². The Kier molecular flexibility index (Phi) is 10.3. The molecule has 0 aromatic heterocycles. The molecule has 0 aliphatic rings. The molecule has 2 aromatic carbocycles. The van der Waals surface area contributed by atoms with Gasteiger partial charge in [-0.05, 0) is 64.2 Å². The zero-order valence-electron chi connectivity index (χ0n) is 23.2. The number of rotatable bonds is 9. The van der Waals surface area contributed by atoms with E-state index in [4.69, 9.17) is 4.74 Å². The average Bonchev–Trinajstić information content (AvgIpc) is 2.80. The van der Waals surface area contributed by atoms with E-state index >= 15 is 0 Å². The third-order valence-electron chi connectivity index (χ3n) is 5.74. The van der Waals surface area contributed by atoms with Crippen LogP contribution in [0, 0.1) is 31.1 Å². The van der Waals surface area contributed by atoms with Crippen LogP contribution < -0.4 is 10.6 Å². The molecule has 0 aliphatic heterocycles. The van der Waals surface area contributed by atoms with Crippen LogP contribution in [0.2, 0.25) is 0 Å². The number of benzene rings is 2. The minimum Gasteiger partial charge on any atom is -0.508 e. The largest absolute Gasteiger partial charge is 0.508 e. The van der Waals surface area contributed by atoms with Crippen molar-refractivity contribution in [3.05, 3.63) is 59.2 Å². The summed E-state index contributed by atoms with van der Waals surface area (Å²) < 4.78 is 5.35. The zero-order chi connectivity index (χ0) is 28.6. The lowest BCUT2D eigenvalue weighted by Crippen LogP contribution is -2.53. The van der Waals surface area contributed by atoms with E-state index in [2.05, 4.69) is 10.6 Å². The van der Waals surface area contributed by atoms with E-state index < -0.39 is 42.1 Å². The van der Waals surface area contributed by atoms with E-state index in [1.807, 2.05) is 52.0 Å². The van der Waals surface area contributed by atoms with Crippen molar-refractivity contribution in [2.24, 2.45) is 5.92 Å². The third kappa shape index (κ3) is 8.23. The highest BCUT2D eigenvalue weighted by molar-refractivity contribution is 6.00. The maximum atomic E-state index is 13.9. The molecule has 0 saturated heterocycles. The summed E-state index contributed by atoms with van der Waals surface area (Å²) in [5.74, 6) is -1.45. The van der Waals surface area contributed by atoms with Gasteiger partial charge < -0.3 is 25.4 Å². The SMILES string of the molecule is Cc1cccc(C)c1NC(=O)C(c1ccccc1O)N(CC#N)C(=O)C(CC(C)C)NC(=O)OC(C)(C)C. The Morgan fingerprint density at radius 3 is 2.18 bits per heavy atom. The summed E-state index contributed by atoms with van der Waals surface area (Å²) >= 11 is 0. The van der Waals surface area contributed by atoms with Crippen LogP contribution in [0.5, 0.6) is 5.75 Å². The molecule has 9 nitrogen and oxygen atoms in total. The first-order valence-corrected chi connectivity index (χ1v) is 12.6. The number of aryl methyl sites for hydroxylation is 2. The number of nitriles is 1. The Hall–Kier alpha value is -4.06. The highest BCUT2D eigenvalue weighted by Gasteiger charge is 2.38. The van der Waals surface area contributed by atoms with Crippen LogP contribution in [0.15, 0.2) is 42.5 Å². The van der Waals surface area contributed by atoms with Gasteiger partial charge in [0.05, 0.1) is 6.07 Å². The lowest BCUT2D eigenvalue weighted by molar-refractivity contribution is -0.140. The number of nitrogens with zero attached hydrogens (tertiary/aromatic N) is 2. The summed E-state index contributed by atoms with van der Waals surface area (Å²) in [7, 11) is 0. The van der Waals surface area contributed by atoms with Crippen molar-refractivity contribution >= 4 is 23.6 Å². The molecule has 2 aromatic rings. The molecule has 0 fully saturated rings. The molecule has 204 valence electrons. The Morgan fingerprint density at radius 2 is 1.66 bits per heavy atom. The molecular weight excluding hydrogens is 484 g/mol. The average molecular weight is 523 g/mol. The van der Waals surface area contributed by atoms with Crippen LogP contribution in [0.25, 0.3) is 0 Å². The molecule has 3 N–H and O–H groups in total. The molecule has 2 atom stereocenters. The second kappa shape index (κ2) is 13.0. The van der Waals surface area contributed by atoms with Gasteiger partial charge in [0.25, 0.3) is 5.91 Å². The second-order valence-electron chi connectivity index (χ2n) is 10.7. The van der Waals surface area contributed by atoms with E-state index in [0.29, 0.717) is 5.69 Å². The van der Waals surface area contributed by atoms with Crippen molar-refractivity contribution in [3.8, 4) is 11.8 Å². The number of para-hydroxylation sites is 2. The van der Waals surface area contributed by atoms with Crippen molar-refractivity contribution in [1.82, 2.24) is 10.2 Å². The van der Waals surface area contributed by atoms with Crippen LogP contribution in [0.3, 0.4) is 0 Å². The third-order valence-corrected chi connectivity index (χ3v) is 5.74. The lowest BCUT2D eigenvalue weighted by atomic mass is 9.98. The minimum absolute atomic E-state index is 0.00477. The van der Waals surface area contributed by atoms with Gasteiger partial charge >= 0.3 is 6.09 Å². The maximum absolute atomic E-state index is 13.9. The smallest absolute Gasteiger partial charge is 0.408 e. The molecule has 0 radical (unpaired) electrons. The van der Waals surface area contributed by atoms with Gasteiger partial charge in [0.1, 0.15) is 30.0 Å². The van der Waals surface area contributed by atoms with Crippen LogP contribution >= 0.6 is 0 Å². The standard InChI is InChI=1S/C29H38N4O5/c1-18(2)17-22(31-28(37)38-29(5,6)7)27(36)33(16-15-30)25(21-13-8-9-14-23(21)34)26(35)32-24-19(3)11-10-12-20(24)4/h8-14,18,22,25,34H,16-17H2,1-7H3,(H,31,37)(H,32,35). The highest BCUT2D eigenvalue weighted by Crippen LogP contribution is 2.32. The van der Waals surface area contributed by atoms with Crippen LogP contribution in [-0.2, 0) is 14.3 Å². The molecule has 0 heterocycles. The topological polar surface area (TPSA) is 132 Å². The molecular formula is C29H38N4O5. The number of anilines is 1. The number of aromatic hydroxyl groups is 1. The molecule has 2 unspecified atom stereocenters. The van der Waals surface area contributed by atoms with E-state index in [1.54, 1.807) is 32.9 Å². The Morgan fingerprint density at radius 1 is 1.05 bits per heavy atom. The number of ether oxygens (including phenoxy) is 1. The number of amides is 3. The van der Waals surface area contributed by atoms with Gasteiger partial charge in [-0.15, -0.1) is 0 Å². The first-order valence-electron chi connectivity index (χ1n) is 12.6. The van der Waals surface area contributed by atoms with E-state index in [9.17, 15) is 24.8 Å². The fourth-order valence-electron chi connectivity index (χ4n) is 4.09. The molecule has 38 heavy (non-hydrogen) atoms. The number of phenolic OH excluding ortho intramolecular Hbond substituents is 1. The molecule has 0 spiro atoms. The number of hydrogen-bond acceptors (Lipinski definition) is 6. The maximum Gasteiger partial charge on any atom is 0.408 e. The normalized spacial score (nSPS) is 12.7. The minimum atomic E-state index is -1.35. The molecule has 2 rings (SSSR count). The van der Waals surface area contributed by atoms with Crippen molar-refractivity contribution in [2.45, 2.75) is 72.6 Å². The second-order valence-corrected chi connectivity index (χ2v) is 10.7. The van der Waals surface area contributed by atoms with Gasteiger partial charge in [0, 0.05) is 11.3 Å². The summed E-state index contributed by atoms with van der Waals surface area (Å²) in [6.07, 6.45) is -0.543. The van der Waals surface area contributed by atoms with Crippen molar-refractivity contribution < 1.29 is 24.2 Å². The Balaban J connectivity index is 2.56. The number of carbonyl (C=O) groups excluding carboxylic acids is 3. The summed E-state index contributed by atoms with van der Waals surface area (Å²) in [5, 5.41) is 25.8. The number of nitrogens with one attached hydrogen (secondary N) is 2. The van der Waals surface area contributed by atoms with Crippen LogP contribution in [0.4, 0.5) is 10.5 Å². The van der Waals surface area contributed by atoms with Crippen LogP contribution in [-0.4, -0.2) is 46.1 Å². The van der Waals surface area contributed by atoms with E-state index in [1.165, 1.54) is 12.1 Å². The molecule has 0 aliphatic carbocycles. The van der Waals surface area contributed by atoms with Crippen molar-refractivity contribution in [3.63, 3.8) is 0 Å². The summed E-state index contributed by atoms with van der Waals surface area (Å²) in [4.78, 5) is 41.4. The molecule has 3 amide bonds. The summed E-state index contributed by atoms with van der Waals surface area (Å²) in [6, 6.07) is 11.3. The zero-order valence-corrected chi connectivity index (χ0v) is 23.2. The molecule has 0 bridgehead atoms. The number of carbonyl (C=O) groups is 3. The Labute approximate surface area is 224 Å². The number of phenols is 1. The van der Waals surface area contributed by atoms with Crippen LogP contribution in [0.1, 0.15) is 63.8 Å². The Bertz CT molecular complexity index is 1180. The lowest BCUT2D eigenvalue weighted by Gasteiger charge is -2.33. The summed E-state index contributed by atoms with van der Waals surface area (Å²) in [5.41, 5.74) is 1.58. The monoisotopic (exact) mass is 522 g/mol. The van der Waals surface area contributed by atoms with Gasteiger partial charge in [-0.1, -0.05) is 50.2 Å². The highest BCUT2D eigenvalue weighted by atomic mass is 16.6. The molecule has 0 saturated carbocycles. The van der Waals surface area contributed by atoms with E-state index in [0.717, 1.165) is 16.0 Å².